The van der Waals surface area contributed by atoms with Crippen molar-refractivity contribution in [1.82, 2.24) is 20.0 Å². The van der Waals surface area contributed by atoms with Gasteiger partial charge in [-0.15, -0.1) is 10.2 Å². The SMILES string of the molecule is CSc1nnc(SCC(=O)Nc2cc(-c3cc(C)ccc3C)nn2-c2ccccc2)s1. The van der Waals surface area contributed by atoms with Crippen molar-refractivity contribution in [2.75, 3.05) is 17.3 Å². The Balaban J connectivity index is 1.60. The van der Waals surface area contributed by atoms with Crippen molar-refractivity contribution in [3.63, 3.8) is 0 Å². The van der Waals surface area contributed by atoms with Crippen LogP contribution >= 0.6 is 34.9 Å². The summed E-state index contributed by atoms with van der Waals surface area (Å²) >= 11 is 4.42. The van der Waals surface area contributed by atoms with Crippen molar-refractivity contribution in [2.45, 2.75) is 22.5 Å². The highest BCUT2D eigenvalue weighted by Crippen LogP contribution is 2.29. The van der Waals surface area contributed by atoms with Crippen molar-refractivity contribution >= 4 is 46.6 Å². The molecule has 0 aliphatic rings. The van der Waals surface area contributed by atoms with Crippen LogP contribution in [-0.4, -0.2) is 37.9 Å². The molecule has 1 amide bonds. The number of nitrogens with one attached hydrogen (secondary N) is 1. The number of para-hydroxylation sites is 1. The molecule has 0 fully saturated rings. The fourth-order valence-corrected chi connectivity index (χ4v) is 5.26. The number of aromatic nitrogens is 4. The molecule has 0 radical (unpaired) electrons. The Morgan fingerprint density at radius 1 is 1.06 bits per heavy atom. The van der Waals surface area contributed by atoms with Gasteiger partial charge in [-0.3, -0.25) is 4.79 Å². The molecule has 0 spiro atoms. The number of anilines is 1. The molecule has 0 aliphatic carbocycles. The predicted molar refractivity (Wildman–Crippen MR) is 130 cm³/mol. The molecule has 158 valence electrons. The Morgan fingerprint density at radius 3 is 2.58 bits per heavy atom. The quantitative estimate of drug-likeness (QED) is 0.364. The van der Waals surface area contributed by atoms with E-state index in [1.807, 2.05) is 42.7 Å². The number of benzene rings is 2. The first-order valence-electron chi connectivity index (χ1n) is 9.57. The zero-order chi connectivity index (χ0) is 21.8. The number of aryl methyl sites for hydroxylation is 2. The predicted octanol–water partition coefficient (Wildman–Crippen LogP) is 5.46. The smallest absolute Gasteiger partial charge is 0.235 e. The third kappa shape index (κ3) is 5.17. The second-order valence-corrected chi connectivity index (χ2v) is 10.1. The van der Waals surface area contributed by atoms with Gasteiger partial charge in [-0.1, -0.05) is 70.8 Å². The van der Waals surface area contributed by atoms with Crippen LogP contribution in [0.15, 0.2) is 63.3 Å². The summed E-state index contributed by atoms with van der Waals surface area (Å²) in [4.78, 5) is 12.7. The molecule has 0 bridgehead atoms. The van der Waals surface area contributed by atoms with Gasteiger partial charge in [0.15, 0.2) is 8.68 Å². The van der Waals surface area contributed by atoms with Gasteiger partial charge in [0.1, 0.15) is 5.82 Å². The minimum atomic E-state index is -0.115. The van der Waals surface area contributed by atoms with E-state index in [9.17, 15) is 4.79 Å². The highest BCUT2D eigenvalue weighted by molar-refractivity contribution is 8.03. The fraction of sp³-hybridized carbons (Fsp3) is 0.182. The molecule has 9 heteroatoms. The largest absolute Gasteiger partial charge is 0.310 e. The summed E-state index contributed by atoms with van der Waals surface area (Å²) in [5.41, 5.74) is 5.06. The Labute approximate surface area is 193 Å². The first kappa shape index (κ1) is 21.6. The number of amides is 1. The first-order valence-corrected chi connectivity index (χ1v) is 12.6. The zero-order valence-electron chi connectivity index (χ0n) is 17.3. The van der Waals surface area contributed by atoms with Crippen LogP contribution in [0.3, 0.4) is 0 Å². The minimum absolute atomic E-state index is 0.115. The maximum Gasteiger partial charge on any atom is 0.235 e. The van der Waals surface area contributed by atoms with Crippen LogP contribution in [0, 0.1) is 13.8 Å². The summed E-state index contributed by atoms with van der Waals surface area (Å²) in [6, 6.07) is 18.0. The molecule has 6 nitrogen and oxygen atoms in total. The van der Waals surface area contributed by atoms with Gasteiger partial charge in [-0.05, 0) is 43.9 Å². The van der Waals surface area contributed by atoms with Gasteiger partial charge in [-0.2, -0.15) is 5.10 Å². The van der Waals surface area contributed by atoms with Gasteiger partial charge in [0.2, 0.25) is 5.91 Å². The summed E-state index contributed by atoms with van der Waals surface area (Å²) in [5, 5.41) is 16.0. The molecule has 2 aromatic heterocycles. The lowest BCUT2D eigenvalue weighted by molar-refractivity contribution is -0.113. The normalized spacial score (nSPS) is 10.9. The molecule has 0 aliphatic heterocycles. The Kier molecular flexibility index (Phi) is 6.74. The maximum atomic E-state index is 12.7. The molecular formula is C22H21N5OS3. The van der Waals surface area contributed by atoms with Crippen LogP contribution in [-0.2, 0) is 4.79 Å². The molecule has 0 atom stereocenters. The van der Waals surface area contributed by atoms with E-state index in [0.717, 1.165) is 31.2 Å². The molecule has 2 heterocycles. The molecule has 4 aromatic rings. The van der Waals surface area contributed by atoms with E-state index in [1.54, 1.807) is 16.4 Å². The van der Waals surface area contributed by atoms with Crippen LogP contribution in [0.1, 0.15) is 11.1 Å². The summed E-state index contributed by atoms with van der Waals surface area (Å²) in [7, 11) is 0. The van der Waals surface area contributed by atoms with Gasteiger partial charge in [0, 0.05) is 11.6 Å². The second-order valence-electron chi connectivity index (χ2n) is 6.86. The van der Waals surface area contributed by atoms with E-state index >= 15 is 0 Å². The van der Waals surface area contributed by atoms with Gasteiger partial charge >= 0.3 is 0 Å². The summed E-state index contributed by atoms with van der Waals surface area (Å²) in [6.45, 7) is 4.13. The molecule has 1 N–H and O–H groups in total. The minimum Gasteiger partial charge on any atom is -0.310 e. The van der Waals surface area contributed by atoms with E-state index in [4.69, 9.17) is 5.10 Å². The summed E-state index contributed by atoms with van der Waals surface area (Å²) < 4.78 is 3.45. The van der Waals surface area contributed by atoms with Crippen molar-refractivity contribution in [2.24, 2.45) is 0 Å². The molecule has 0 saturated heterocycles. The molecule has 2 aromatic carbocycles. The van der Waals surface area contributed by atoms with Gasteiger partial charge in [-0.25, -0.2) is 4.68 Å². The molecule has 0 saturated carbocycles. The van der Waals surface area contributed by atoms with Crippen LogP contribution in [0.2, 0.25) is 0 Å². The zero-order valence-corrected chi connectivity index (χ0v) is 19.8. The number of carbonyl (C=O) groups is 1. The lowest BCUT2D eigenvalue weighted by Gasteiger charge is -2.08. The number of carbonyl (C=O) groups excluding carboxylic acids is 1. The summed E-state index contributed by atoms with van der Waals surface area (Å²) in [6.07, 6.45) is 1.96. The van der Waals surface area contributed by atoms with Gasteiger partial charge in [0.25, 0.3) is 0 Å². The van der Waals surface area contributed by atoms with Crippen molar-refractivity contribution in [1.29, 1.82) is 0 Å². The first-order chi connectivity index (χ1) is 15.0. The van der Waals surface area contributed by atoms with Crippen molar-refractivity contribution in [3.8, 4) is 16.9 Å². The molecular weight excluding hydrogens is 446 g/mol. The van der Waals surface area contributed by atoms with E-state index in [-0.39, 0.29) is 11.7 Å². The molecule has 0 unspecified atom stereocenters. The summed E-state index contributed by atoms with van der Waals surface area (Å²) in [5.74, 6) is 0.771. The molecule has 31 heavy (non-hydrogen) atoms. The van der Waals surface area contributed by atoms with E-state index < -0.39 is 0 Å². The van der Waals surface area contributed by atoms with Gasteiger partial charge in [0.05, 0.1) is 17.1 Å². The second kappa shape index (κ2) is 9.67. The monoisotopic (exact) mass is 467 g/mol. The Hall–Kier alpha value is -2.62. The average molecular weight is 468 g/mol. The number of nitrogens with zero attached hydrogens (tertiary/aromatic N) is 4. The Bertz CT molecular complexity index is 1200. The van der Waals surface area contributed by atoms with Gasteiger partial charge < -0.3 is 5.32 Å². The topological polar surface area (TPSA) is 72.7 Å². The number of hydrogen-bond donors (Lipinski definition) is 1. The van der Waals surface area contributed by atoms with E-state index in [0.29, 0.717) is 5.82 Å². The Morgan fingerprint density at radius 2 is 1.84 bits per heavy atom. The van der Waals surface area contributed by atoms with E-state index in [2.05, 4.69) is 47.6 Å². The van der Waals surface area contributed by atoms with Crippen molar-refractivity contribution in [3.05, 3.63) is 65.7 Å². The molecule has 4 rings (SSSR count). The standard InChI is InChI=1S/C22H21N5OS3/c1-14-9-10-15(2)17(11-14)18-12-19(27(26-18)16-7-5-4-6-8-16)23-20(28)13-30-22-25-24-21(29-3)31-22/h4-12H,13H2,1-3H3,(H,23,28). The lowest BCUT2D eigenvalue weighted by Crippen LogP contribution is -2.16. The third-order valence-electron chi connectivity index (χ3n) is 4.54. The van der Waals surface area contributed by atoms with Crippen LogP contribution in [0.5, 0.6) is 0 Å². The lowest BCUT2D eigenvalue weighted by atomic mass is 10.0. The van der Waals surface area contributed by atoms with Crippen molar-refractivity contribution < 1.29 is 4.79 Å². The highest BCUT2D eigenvalue weighted by Gasteiger charge is 2.16. The van der Waals surface area contributed by atoms with E-state index in [1.165, 1.54) is 28.7 Å². The average Bonchev–Trinajstić information content (AvgIpc) is 3.41. The number of hydrogen-bond acceptors (Lipinski definition) is 7. The fourth-order valence-electron chi connectivity index (χ4n) is 3.02. The number of thioether (sulfide) groups is 2. The highest BCUT2D eigenvalue weighted by atomic mass is 32.2. The van der Waals surface area contributed by atoms with Crippen LogP contribution < -0.4 is 5.32 Å². The van der Waals surface area contributed by atoms with Crippen LogP contribution in [0.4, 0.5) is 5.82 Å². The van der Waals surface area contributed by atoms with Crippen LogP contribution in [0.25, 0.3) is 16.9 Å². The number of rotatable bonds is 7. The maximum absolute atomic E-state index is 12.7. The third-order valence-corrected chi connectivity index (χ3v) is 7.57.